The van der Waals surface area contributed by atoms with Crippen LogP contribution < -0.4 is 14.4 Å². The number of methoxy groups -OCH3 is 1. The number of hydrogen-bond acceptors (Lipinski definition) is 6. The van der Waals surface area contributed by atoms with Gasteiger partial charge in [0.25, 0.3) is 0 Å². The SMILES string of the molecule is CCCOc1ccc(-c2noc(C3CC(=O)N(c4cc(C)cc(C)c4)C3)n2)cc1OC. The number of benzene rings is 2. The highest BCUT2D eigenvalue weighted by Crippen LogP contribution is 2.35. The van der Waals surface area contributed by atoms with Crippen molar-refractivity contribution in [1.82, 2.24) is 10.1 Å². The molecular formula is C24H27N3O4. The fraction of sp³-hybridized carbons (Fsp3) is 0.375. The molecule has 0 saturated carbocycles. The highest BCUT2D eigenvalue weighted by Gasteiger charge is 2.35. The van der Waals surface area contributed by atoms with Gasteiger partial charge < -0.3 is 18.9 Å². The Kier molecular flexibility index (Phi) is 5.93. The quantitative estimate of drug-likeness (QED) is 0.552. The van der Waals surface area contributed by atoms with Crippen LogP contribution >= 0.6 is 0 Å². The van der Waals surface area contributed by atoms with Gasteiger partial charge in [-0.2, -0.15) is 4.98 Å². The molecule has 1 saturated heterocycles. The van der Waals surface area contributed by atoms with Crippen LogP contribution in [0.25, 0.3) is 11.4 Å². The lowest BCUT2D eigenvalue weighted by Crippen LogP contribution is -2.24. The van der Waals surface area contributed by atoms with Crippen molar-refractivity contribution in [3.05, 3.63) is 53.4 Å². The Balaban J connectivity index is 1.53. The fourth-order valence-electron chi connectivity index (χ4n) is 3.89. The van der Waals surface area contributed by atoms with Crippen molar-refractivity contribution >= 4 is 11.6 Å². The van der Waals surface area contributed by atoms with Crippen molar-refractivity contribution in [3.8, 4) is 22.9 Å². The molecule has 1 fully saturated rings. The third kappa shape index (κ3) is 4.40. The van der Waals surface area contributed by atoms with Crippen molar-refractivity contribution in [3.63, 3.8) is 0 Å². The molecule has 1 atom stereocenters. The number of nitrogens with zero attached hydrogens (tertiary/aromatic N) is 3. The second-order valence-electron chi connectivity index (χ2n) is 7.92. The second kappa shape index (κ2) is 8.79. The molecule has 1 aromatic heterocycles. The Morgan fingerprint density at radius 3 is 2.61 bits per heavy atom. The summed E-state index contributed by atoms with van der Waals surface area (Å²) in [4.78, 5) is 19.0. The standard InChI is InChI=1S/C24H27N3O4/c1-5-8-30-20-7-6-17(12-21(20)29-4)23-25-24(31-26-23)18-13-22(28)27(14-18)19-10-15(2)9-16(3)11-19/h6-7,9-12,18H,5,8,13-14H2,1-4H3. The molecule has 1 aliphatic heterocycles. The maximum absolute atomic E-state index is 12.7. The topological polar surface area (TPSA) is 77.7 Å². The molecule has 4 rings (SSSR count). The molecule has 0 spiro atoms. The Bertz CT molecular complexity index is 1070. The van der Waals surface area contributed by atoms with Gasteiger partial charge in [0.15, 0.2) is 11.5 Å². The van der Waals surface area contributed by atoms with E-state index in [-0.39, 0.29) is 11.8 Å². The van der Waals surface area contributed by atoms with Crippen LogP contribution in [0, 0.1) is 13.8 Å². The van der Waals surface area contributed by atoms with E-state index in [1.54, 1.807) is 12.0 Å². The summed E-state index contributed by atoms with van der Waals surface area (Å²) >= 11 is 0. The minimum absolute atomic E-state index is 0.0637. The van der Waals surface area contributed by atoms with Crippen LogP contribution in [-0.4, -0.2) is 36.3 Å². The molecule has 0 N–H and O–H groups in total. The van der Waals surface area contributed by atoms with Crippen molar-refractivity contribution in [2.45, 2.75) is 39.5 Å². The summed E-state index contributed by atoms with van der Waals surface area (Å²) in [6.07, 6.45) is 1.26. The van der Waals surface area contributed by atoms with Crippen LogP contribution in [0.4, 0.5) is 5.69 Å². The Morgan fingerprint density at radius 2 is 1.90 bits per heavy atom. The number of hydrogen-bond donors (Lipinski definition) is 0. The number of aromatic nitrogens is 2. The predicted molar refractivity (Wildman–Crippen MR) is 118 cm³/mol. The third-order valence-electron chi connectivity index (χ3n) is 5.32. The highest BCUT2D eigenvalue weighted by atomic mass is 16.5. The zero-order valence-corrected chi connectivity index (χ0v) is 18.3. The number of rotatable bonds is 7. The molecule has 1 unspecified atom stereocenters. The molecule has 31 heavy (non-hydrogen) atoms. The van der Waals surface area contributed by atoms with Crippen molar-refractivity contribution in [2.75, 3.05) is 25.2 Å². The lowest BCUT2D eigenvalue weighted by atomic mass is 10.1. The molecule has 0 aliphatic carbocycles. The molecule has 7 nitrogen and oxygen atoms in total. The van der Waals surface area contributed by atoms with Crippen molar-refractivity contribution in [1.29, 1.82) is 0 Å². The number of carbonyl (C=O) groups is 1. The smallest absolute Gasteiger partial charge is 0.232 e. The van der Waals surface area contributed by atoms with Gasteiger partial charge in [-0.3, -0.25) is 4.79 Å². The summed E-state index contributed by atoms with van der Waals surface area (Å²) in [6, 6.07) is 11.7. The van der Waals surface area contributed by atoms with Crippen LogP contribution in [0.3, 0.4) is 0 Å². The van der Waals surface area contributed by atoms with Gasteiger partial charge in [-0.05, 0) is 61.7 Å². The summed E-state index contributed by atoms with van der Waals surface area (Å²) in [5, 5.41) is 4.14. The molecular weight excluding hydrogens is 394 g/mol. The van der Waals surface area contributed by atoms with E-state index in [2.05, 4.69) is 23.1 Å². The Morgan fingerprint density at radius 1 is 1.13 bits per heavy atom. The first-order valence-corrected chi connectivity index (χ1v) is 10.5. The van der Waals surface area contributed by atoms with E-state index in [1.807, 2.05) is 44.2 Å². The lowest BCUT2D eigenvalue weighted by molar-refractivity contribution is -0.117. The van der Waals surface area contributed by atoms with E-state index in [9.17, 15) is 4.79 Å². The summed E-state index contributed by atoms with van der Waals surface area (Å²) in [5.74, 6) is 2.17. The largest absolute Gasteiger partial charge is 0.493 e. The molecule has 0 bridgehead atoms. The van der Waals surface area contributed by atoms with Crippen molar-refractivity contribution < 1.29 is 18.8 Å². The molecule has 3 aromatic rings. The van der Waals surface area contributed by atoms with E-state index in [4.69, 9.17) is 14.0 Å². The minimum Gasteiger partial charge on any atom is -0.493 e. The highest BCUT2D eigenvalue weighted by molar-refractivity contribution is 5.96. The molecule has 2 aromatic carbocycles. The van der Waals surface area contributed by atoms with Gasteiger partial charge in [0.1, 0.15) is 0 Å². The summed E-state index contributed by atoms with van der Waals surface area (Å²) in [7, 11) is 1.60. The molecule has 7 heteroatoms. The van der Waals surface area contributed by atoms with E-state index < -0.39 is 0 Å². The van der Waals surface area contributed by atoms with E-state index in [1.165, 1.54) is 0 Å². The van der Waals surface area contributed by atoms with Crippen LogP contribution in [0.2, 0.25) is 0 Å². The average Bonchev–Trinajstić information content (AvgIpc) is 3.38. The molecule has 162 valence electrons. The average molecular weight is 421 g/mol. The zero-order chi connectivity index (χ0) is 22.0. The predicted octanol–water partition coefficient (Wildman–Crippen LogP) is 4.67. The van der Waals surface area contributed by atoms with Gasteiger partial charge >= 0.3 is 0 Å². The van der Waals surface area contributed by atoms with Gasteiger partial charge in [-0.25, -0.2) is 0 Å². The molecule has 1 aliphatic rings. The van der Waals surface area contributed by atoms with Crippen LogP contribution in [0.15, 0.2) is 40.9 Å². The molecule has 1 amide bonds. The number of ether oxygens (including phenoxy) is 2. The van der Waals surface area contributed by atoms with E-state index in [0.717, 1.165) is 28.8 Å². The van der Waals surface area contributed by atoms with Gasteiger partial charge in [0.05, 0.1) is 19.6 Å². The maximum atomic E-state index is 12.7. The van der Waals surface area contributed by atoms with Gasteiger partial charge in [0, 0.05) is 24.2 Å². The third-order valence-corrected chi connectivity index (χ3v) is 5.32. The number of amides is 1. The summed E-state index contributed by atoms with van der Waals surface area (Å²) in [6.45, 7) is 7.26. The van der Waals surface area contributed by atoms with E-state index in [0.29, 0.717) is 42.8 Å². The van der Waals surface area contributed by atoms with Crippen LogP contribution in [0.1, 0.15) is 42.7 Å². The molecule has 0 radical (unpaired) electrons. The molecule has 2 heterocycles. The maximum Gasteiger partial charge on any atom is 0.232 e. The first-order valence-electron chi connectivity index (χ1n) is 10.5. The Labute approximate surface area is 182 Å². The summed E-state index contributed by atoms with van der Waals surface area (Å²) in [5.41, 5.74) is 3.95. The van der Waals surface area contributed by atoms with Crippen LogP contribution in [-0.2, 0) is 4.79 Å². The second-order valence-corrected chi connectivity index (χ2v) is 7.92. The fourth-order valence-corrected chi connectivity index (χ4v) is 3.89. The number of carbonyl (C=O) groups excluding carboxylic acids is 1. The number of anilines is 1. The normalized spacial score (nSPS) is 16.1. The zero-order valence-electron chi connectivity index (χ0n) is 18.3. The minimum atomic E-state index is -0.136. The van der Waals surface area contributed by atoms with Crippen molar-refractivity contribution in [2.24, 2.45) is 0 Å². The van der Waals surface area contributed by atoms with Gasteiger partial charge in [-0.15, -0.1) is 0 Å². The van der Waals surface area contributed by atoms with Crippen LogP contribution in [0.5, 0.6) is 11.5 Å². The lowest BCUT2D eigenvalue weighted by Gasteiger charge is -2.17. The number of aryl methyl sites for hydroxylation is 2. The summed E-state index contributed by atoms with van der Waals surface area (Å²) < 4.78 is 16.7. The van der Waals surface area contributed by atoms with Gasteiger partial charge in [-0.1, -0.05) is 18.1 Å². The first kappa shape index (κ1) is 20.9. The monoisotopic (exact) mass is 421 g/mol. The van der Waals surface area contributed by atoms with Gasteiger partial charge in [0.2, 0.25) is 17.6 Å². The van der Waals surface area contributed by atoms with E-state index >= 15 is 0 Å². The Hall–Kier alpha value is -3.35. The first-order chi connectivity index (χ1) is 15.0.